The molecule has 3 aromatic rings. The predicted octanol–water partition coefficient (Wildman–Crippen LogP) is -1.30. The van der Waals surface area contributed by atoms with Gasteiger partial charge in [-0.3, -0.25) is 31.4 Å². The molecule has 12 nitrogen and oxygen atoms in total. The van der Waals surface area contributed by atoms with E-state index in [1.807, 2.05) is 13.1 Å². The number of anilines is 1. The second-order valence-electron chi connectivity index (χ2n) is 9.51. The summed E-state index contributed by atoms with van der Waals surface area (Å²) in [6.45, 7) is 1.44. The molecule has 4 atom stereocenters. The number of nitrogen functional groups attached to an aromatic ring is 1. The Labute approximate surface area is 229 Å². The SMILES string of the molecule is Cn1c(Br)ccc1C(=O)NC[C@H]1Cc2[nH]c(N)[nH+]c2[C@@H](C2C[NH+]=C(N)N2)[C@@H]1CNC(=O)c1cc(Br)c[nH]1. The van der Waals surface area contributed by atoms with Gasteiger partial charge < -0.3 is 20.2 Å². The summed E-state index contributed by atoms with van der Waals surface area (Å²) in [5.41, 5.74) is 15.2. The quantitative estimate of drug-likeness (QED) is 0.160. The van der Waals surface area contributed by atoms with Gasteiger partial charge in [-0.05, 0) is 61.9 Å². The molecule has 1 unspecified atom stereocenters. The number of aromatic nitrogens is 4. The van der Waals surface area contributed by atoms with Crippen molar-refractivity contribution in [3.05, 3.63) is 56.2 Å². The van der Waals surface area contributed by atoms with Crippen LogP contribution in [0.4, 0.5) is 5.95 Å². The Morgan fingerprint density at radius 1 is 1.19 bits per heavy atom. The third-order valence-corrected chi connectivity index (χ3v) is 8.50. The number of imidazole rings is 1. The van der Waals surface area contributed by atoms with Crippen molar-refractivity contribution >= 4 is 55.6 Å². The molecule has 0 saturated carbocycles. The van der Waals surface area contributed by atoms with Crippen LogP contribution in [0.25, 0.3) is 0 Å². The standard InChI is InChI=1S/C23H28Br2N10O2/c1-35-16(2-3-17(35)25)21(37)29-6-10-4-13-19(34-23(27)32-13)18(15-9-31-22(26)33-15)12(10)8-30-20(36)14-5-11(24)7-28-14/h2-3,5,7,10,12,15,18,28H,4,6,8-9H2,1H3,(H,29,37)(H,30,36)(H3,26,31,33)(H3,27,32,34)/p+2/t10-,12-,15?,18-/m1/s1. The lowest BCUT2D eigenvalue weighted by atomic mass is 9.69. The first kappa shape index (κ1) is 25.4. The summed E-state index contributed by atoms with van der Waals surface area (Å²) < 4.78 is 3.41. The van der Waals surface area contributed by atoms with Gasteiger partial charge in [0.15, 0.2) is 0 Å². The van der Waals surface area contributed by atoms with Gasteiger partial charge in [0.2, 0.25) is 0 Å². The van der Waals surface area contributed by atoms with Crippen molar-refractivity contribution in [3.63, 3.8) is 0 Å². The minimum Gasteiger partial charge on any atom is -0.356 e. The van der Waals surface area contributed by atoms with Crippen molar-refractivity contribution < 1.29 is 19.6 Å². The van der Waals surface area contributed by atoms with Crippen molar-refractivity contribution in [1.29, 1.82) is 0 Å². The first-order valence-corrected chi connectivity index (χ1v) is 13.5. The van der Waals surface area contributed by atoms with Gasteiger partial charge in [-0.1, -0.05) is 0 Å². The van der Waals surface area contributed by atoms with Crippen molar-refractivity contribution in [1.82, 2.24) is 30.5 Å². The average Bonchev–Trinajstić information content (AvgIpc) is 3.64. The Hall–Kier alpha value is -3.26. The van der Waals surface area contributed by atoms with Gasteiger partial charge in [0.1, 0.15) is 28.8 Å². The first-order valence-electron chi connectivity index (χ1n) is 11.9. The Kier molecular flexibility index (Phi) is 7.03. The van der Waals surface area contributed by atoms with Gasteiger partial charge in [-0.2, -0.15) is 0 Å². The van der Waals surface area contributed by atoms with E-state index in [1.54, 1.807) is 22.9 Å². The topological polar surface area (TPSA) is 187 Å². The van der Waals surface area contributed by atoms with E-state index < -0.39 is 0 Å². The minimum atomic E-state index is -0.201. The van der Waals surface area contributed by atoms with Crippen LogP contribution in [0, 0.1) is 11.8 Å². The number of amides is 2. The summed E-state index contributed by atoms with van der Waals surface area (Å²) in [6, 6.07) is 5.32. The summed E-state index contributed by atoms with van der Waals surface area (Å²) >= 11 is 6.81. The van der Waals surface area contributed by atoms with E-state index >= 15 is 0 Å². The lowest BCUT2D eigenvalue weighted by molar-refractivity contribution is -0.452. The zero-order chi connectivity index (χ0) is 26.3. The fourth-order valence-corrected chi connectivity index (χ4v) is 6.10. The monoisotopic (exact) mass is 636 g/mol. The highest BCUT2D eigenvalue weighted by Crippen LogP contribution is 2.39. The van der Waals surface area contributed by atoms with Crippen molar-refractivity contribution in [2.45, 2.75) is 18.4 Å². The van der Waals surface area contributed by atoms with Crippen LogP contribution in [0.1, 0.15) is 38.3 Å². The maximum Gasteiger partial charge on any atom is 0.350 e. The van der Waals surface area contributed by atoms with Gasteiger partial charge in [0.05, 0.1) is 17.1 Å². The molecule has 37 heavy (non-hydrogen) atoms. The number of fused-ring (bicyclic) bond motifs is 1. The normalized spacial score (nSPS) is 22.7. The maximum absolute atomic E-state index is 13.0. The number of halogens is 2. The molecule has 1 aliphatic heterocycles. The number of rotatable bonds is 7. The fourth-order valence-electron chi connectivity index (χ4n) is 5.44. The molecular formula is C23H30Br2N10O2+2. The molecule has 0 spiro atoms. The zero-order valence-electron chi connectivity index (χ0n) is 20.1. The van der Waals surface area contributed by atoms with Crippen LogP contribution in [0.2, 0.25) is 0 Å². The third-order valence-electron chi connectivity index (χ3n) is 7.24. The zero-order valence-corrected chi connectivity index (χ0v) is 23.3. The molecule has 0 bridgehead atoms. The van der Waals surface area contributed by atoms with Crippen molar-refractivity contribution in [2.24, 2.45) is 24.6 Å². The number of carbonyl (C=O) groups excluding carboxylic acids is 2. The van der Waals surface area contributed by atoms with Crippen LogP contribution in [-0.4, -0.2) is 58.0 Å². The molecular weight excluding hydrogens is 608 g/mol. The van der Waals surface area contributed by atoms with E-state index in [1.165, 1.54) is 0 Å². The average molecular weight is 638 g/mol. The Balaban J connectivity index is 1.41. The molecule has 0 saturated heterocycles. The van der Waals surface area contributed by atoms with Crippen LogP contribution in [0.15, 0.2) is 33.5 Å². The number of H-pyrrole nitrogens is 3. The van der Waals surface area contributed by atoms with Crippen molar-refractivity contribution in [2.75, 3.05) is 25.4 Å². The Morgan fingerprint density at radius 3 is 2.62 bits per heavy atom. The number of carbonyl (C=O) groups is 2. The van der Waals surface area contributed by atoms with Gasteiger partial charge in [-0.15, -0.1) is 0 Å². The summed E-state index contributed by atoms with van der Waals surface area (Å²) in [7, 11) is 1.83. The third kappa shape index (κ3) is 5.12. The highest BCUT2D eigenvalue weighted by atomic mass is 79.9. The van der Waals surface area contributed by atoms with Crippen LogP contribution in [0.3, 0.4) is 0 Å². The second kappa shape index (κ2) is 10.2. The van der Waals surface area contributed by atoms with E-state index in [0.29, 0.717) is 49.4 Å². The molecule has 5 rings (SSSR count). The molecule has 0 aromatic carbocycles. The van der Waals surface area contributed by atoms with E-state index in [0.717, 1.165) is 20.5 Å². The highest BCUT2D eigenvalue weighted by molar-refractivity contribution is 9.10. The number of hydrogen-bond acceptors (Lipinski definition) is 5. The van der Waals surface area contributed by atoms with E-state index in [9.17, 15) is 9.59 Å². The lowest BCUT2D eigenvalue weighted by Crippen LogP contribution is -2.73. The number of nitrogens with one attached hydrogen (secondary N) is 7. The van der Waals surface area contributed by atoms with Gasteiger partial charge >= 0.3 is 11.9 Å². The Bertz CT molecular complexity index is 1360. The lowest BCUT2D eigenvalue weighted by Gasteiger charge is -2.38. The summed E-state index contributed by atoms with van der Waals surface area (Å²) in [4.78, 5) is 38.6. The van der Waals surface area contributed by atoms with Crippen LogP contribution in [-0.2, 0) is 13.5 Å². The first-order chi connectivity index (χ1) is 17.7. The predicted molar refractivity (Wildman–Crippen MR) is 143 cm³/mol. The molecule has 2 aliphatic rings. The number of hydrogen-bond donors (Lipinski definition) is 8. The van der Waals surface area contributed by atoms with E-state index in [2.05, 4.69) is 67.8 Å². The summed E-state index contributed by atoms with van der Waals surface area (Å²) in [5.74, 6) is 0.530. The van der Waals surface area contributed by atoms with Gasteiger partial charge in [0.25, 0.3) is 11.8 Å². The van der Waals surface area contributed by atoms with E-state index in [4.69, 9.17) is 11.5 Å². The highest BCUT2D eigenvalue weighted by Gasteiger charge is 2.47. The van der Waals surface area contributed by atoms with Gasteiger partial charge in [-0.25, -0.2) is 9.97 Å². The van der Waals surface area contributed by atoms with Crippen molar-refractivity contribution in [3.8, 4) is 0 Å². The summed E-state index contributed by atoms with van der Waals surface area (Å²) in [6.07, 6.45) is 2.37. The van der Waals surface area contributed by atoms with E-state index in [-0.39, 0.29) is 35.6 Å². The van der Waals surface area contributed by atoms with Crippen LogP contribution < -0.4 is 37.4 Å². The smallest absolute Gasteiger partial charge is 0.350 e. The Morgan fingerprint density at radius 2 is 1.97 bits per heavy atom. The molecule has 0 radical (unpaired) electrons. The molecule has 2 amide bonds. The number of aromatic amines is 3. The molecule has 4 heterocycles. The molecule has 0 fully saturated rings. The molecule has 3 aromatic heterocycles. The molecule has 11 N–H and O–H groups in total. The largest absolute Gasteiger partial charge is 0.356 e. The second-order valence-corrected chi connectivity index (χ2v) is 11.2. The van der Waals surface area contributed by atoms with Crippen LogP contribution >= 0.6 is 31.9 Å². The molecule has 1 aliphatic carbocycles. The fraction of sp³-hybridized carbons (Fsp3) is 0.391. The number of nitrogens with two attached hydrogens (primary N) is 2. The number of nitrogens with zero attached hydrogens (tertiary/aromatic N) is 1. The van der Waals surface area contributed by atoms with Gasteiger partial charge in [0, 0.05) is 37.2 Å². The molecule has 196 valence electrons. The molecule has 14 heteroatoms. The minimum absolute atomic E-state index is 0.0101. The number of guanidine groups is 1. The maximum atomic E-state index is 13.0. The van der Waals surface area contributed by atoms with Crippen LogP contribution in [0.5, 0.6) is 0 Å². The summed E-state index contributed by atoms with van der Waals surface area (Å²) in [5, 5.41) is 9.53.